The summed E-state index contributed by atoms with van der Waals surface area (Å²) in [7, 11) is -0.931. The molecule has 0 radical (unpaired) electrons. The molecule has 0 unspecified atom stereocenters. The van der Waals surface area contributed by atoms with E-state index in [0.29, 0.717) is 16.9 Å². The predicted octanol–water partition coefficient (Wildman–Crippen LogP) is 5.51. The number of hydrogen-bond acceptors (Lipinski definition) is 3. The number of carbonyl (C=O) groups is 1. The van der Waals surface area contributed by atoms with E-state index in [-0.39, 0.29) is 5.97 Å². The van der Waals surface area contributed by atoms with Crippen molar-refractivity contribution in [2.45, 2.75) is 13.0 Å². The van der Waals surface area contributed by atoms with E-state index in [1.807, 2.05) is 67.6 Å². The van der Waals surface area contributed by atoms with Crippen molar-refractivity contribution in [3.8, 4) is 0 Å². The van der Waals surface area contributed by atoms with Gasteiger partial charge < -0.3 is 9.15 Å². The van der Waals surface area contributed by atoms with Crippen LogP contribution in [0.15, 0.2) is 120 Å². The third-order valence-corrected chi connectivity index (χ3v) is 7.37. The Morgan fingerprint density at radius 2 is 1.42 bits per heavy atom. The molecule has 0 spiro atoms. The highest BCUT2D eigenvalue weighted by molar-refractivity contribution is 7.80. The monoisotopic (exact) mass is 426 g/mol. The number of hydrogen-bond donors (Lipinski definition) is 0. The second-order valence-electron chi connectivity index (χ2n) is 7.17. The maximum atomic E-state index is 13.3. The number of benzene rings is 3. The van der Waals surface area contributed by atoms with Crippen LogP contribution in [0.3, 0.4) is 0 Å². The second-order valence-corrected chi connectivity index (χ2v) is 9.36. The Balaban J connectivity index is 1.76. The quantitative estimate of drug-likeness (QED) is 0.222. The molecule has 1 aromatic heterocycles. The van der Waals surface area contributed by atoms with Gasteiger partial charge in [-0.15, -0.1) is 0 Å². The van der Waals surface area contributed by atoms with Gasteiger partial charge in [-0.05, 0) is 54.5 Å². The van der Waals surface area contributed by atoms with E-state index < -0.39 is 14.0 Å². The summed E-state index contributed by atoms with van der Waals surface area (Å²) < 4.78 is 11.4. The topological polar surface area (TPSA) is 39.4 Å². The Bertz CT molecular complexity index is 1110. The van der Waals surface area contributed by atoms with E-state index in [1.54, 1.807) is 18.4 Å². The van der Waals surface area contributed by atoms with Crippen molar-refractivity contribution in [1.82, 2.24) is 0 Å². The summed E-state index contributed by atoms with van der Waals surface area (Å²) >= 11 is 0. The maximum Gasteiger partial charge on any atom is 0.339 e. The first kappa shape index (κ1) is 20.8. The van der Waals surface area contributed by atoms with Gasteiger partial charge in [-0.1, -0.05) is 85.4 Å². The lowest BCUT2D eigenvalue weighted by Gasteiger charge is -2.23. The predicted molar refractivity (Wildman–Crippen MR) is 127 cm³/mol. The van der Waals surface area contributed by atoms with Crippen LogP contribution < -0.4 is 15.9 Å². The van der Waals surface area contributed by atoms with Crippen molar-refractivity contribution >= 4 is 29.8 Å². The second kappa shape index (κ2) is 9.59. The third kappa shape index (κ3) is 4.68. The molecule has 0 aliphatic carbocycles. The van der Waals surface area contributed by atoms with E-state index in [2.05, 4.69) is 30.8 Å². The van der Waals surface area contributed by atoms with Gasteiger partial charge in [0.15, 0.2) is 6.10 Å². The largest absolute Gasteiger partial charge is 0.465 e. The highest BCUT2D eigenvalue weighted by atomic mass is 31.1. The fourth-order valence-electron chi connectivity index (χ4n) is 3.44. The summed E-state index contributed by atoms with van der Waals surface area (Å²) in [6.45, 7) is 5.80. The summed E-state index contributed by atoms with van der Waals surface area (Å²) in [5, 5.41) is 3.30. The Kier molecular flexibility index (Phi) is 6.45. The van der Waals surface area contributed by atoms with Crippen LogP contribution in [0.2, 0.25) is 0 Å². The molecule has 3 nitrogen and oxygen atoms in total. The molecule has 4 aromatic rings. The Labute approximate surface area is 183 Å². The molecule has 0 saturated carbocycles. The molecule has 0 fully saturated rings. The first-order valence-electron chi connectivity index (χ1n) is 10.0. The standard InChI is InChI=1S/C27H23O3P/c1-20(2)26(24-17-11-19-29-24)30-27(28)23-16-9-10-18-25(23)31(21-12-5-3-6-13-21)22-14-7-4-8-15-22/h3-19,26H,1H2,2H3/t26-/m1/s1. The fourth-order valence-corrected chi connectivity index (χ4v) is 5.87. The van der Waals surface area contributed by atoms with Gasteiger partial charge >= 0.3 is 5.97 Å². The molecule has 0 aliphatic heterocycles. The zero-order chi connectivity index (χ0) is 21.6. The zero-order valence-corrected chi connectivity index (χ0v) is 18.2. The van der Waals surface area contributed by atoms with Crippen molar-refractivity contribution in [1.29, 1.82) is 0 Å². The van der Waals surface area contributed by atoms with Crippen molar-refractivity contribution < 1.29 is 13.9 Å². The molecule has 0 aliphatic rings. The van der Waals surface area contributed by atoms with Gasteiger partial charge in [0, 0.05) is 0 Å². The average Bonchev–Trinajstić information content (AvgIpc) is 3.34. The van der Waals surface area contributed by atoms with Crippen LogP contribution in [0.5, 0.6) is 0 Å². The van der Waals surface area contributed by atoms with E-state index in [1.165, 1.54) is 10.6 Å². The summed E-state index contributed by atoms with van der Waals surface area (Å²) in [5.74, 6) is 0.172. The van der Waals surface area contributed by atoms with E-state index in [0.717, 1.165) is 5.30 Å². The minimum absolute atomic E-state index is 0.389. The first-order valence-corrected chi connectivity index (χ1v) is 11.4. The Hall–Kier alpha value is -3.42. The summed E-state index contributed by atoms with van der Waals surface area (Å²) in [6, 6.07) is 31.8. The summed E-state index contributed by atoms with van der Waals surface area (Å²) in [4.78, 5) is 13.3. The van der Waals surface area contributed by atoms with Crippen molar-refractivity contribution in [3.05, 3.63) is 127 Å². The van der Waals surface area contributed by atoms with Gasteiger partial charge in [0.05, 0.1) is 11.8 Å². The maximum absolute atomic E-state index is 13.3. The number of furan rings is 1. The molecule has 31 heavy (non-hydrogen) atoms. The Morgan fingerprint density at radius 3 is 1.97 bits per heavy atom. The van der Waals surface area contributed by atoms with Gasteiger partial charge in [0.1, 0.15) is 5.76 Å². The van der Waals surface area contributed by atoms with Gasteiger partial charge in [0.2, 0.25) is 0 Å². The summed E-state index contributed by atoms with van der Waals surface area (Å²) in [5.41, 5.74) is 1.26. The van der Waals surface area contributed by atoms with E-state index >= 15 is 0 Å². The molecule has 4 rings (SSSR count). The lowest BCUT2D eigenvalue weighted by Crippen LogP contribution is -2.26. The molecule has 0 N–H and O–H groups in total. The van der Waals surface area contributed by atoms with Crippen LogP contribution >= 0.6 is 7.92 Å². The Morgan fingerprint density at radius 1 is 0.839 bits per heavy atom. The van der Waals surface area contributed by atoms with Gasteiger partial charge in [0.25, 0.3) is 0 Å². The lowest BCUT2D eigenvalue weighted by molar-refractivity contribution is 0.0332. The number of esters is 1. The van der Waals surface area contributed by atoms with Crippen molar-refractivity contribution in [2.75, 3.05) is 0 Å². The first-order chi connectivity index (χ1) is 15.1. The molecule has 3 aromatic carbocycles. The molecule has 0 saturated heterocycles. The van der Waals surface area contributed by atoms with Gasteiger partial charge in [-0.2, -0.15) is 0 Å². The molecule has 1 atom stereocenters. The zero-order valence-electron chi connectivity index (χ0n) is 17.3. The average molecular weight is 426 g/mol. The molecule has 4 heteroatoms. The van der Waals surface area contributed by atoms with Gasteiger partial charge in [-0.3, -0.25) is 0 Å². The minimum atomic E-state index is -0.931. The van der Waals surface area contributed by atoms with E-state index in [4.69, 9.17) is 9.15 Å². The lowest BCUT2D eigenvalue weighted by atomic mass is 10.1. The van der Waals surface area contributed by atoms with E-state index in [9.17, 15) is 4.79 Å². The third-order valence-electron chi connectivity index (χ3n) is 4.87. The highest BCUT2D eigenvalue weighted by Gasteiger charge is 2.26. The van der Waals surface area contributed by atoms with Crippen molar-refractivity contribution in [2.24, 2.45) is 0 Å². The SMILES string of the molecule is C=C(C)[C@@H](OC(=O)c1ccccc1P(c1ccccc1)c1ccccc1)c1ccco1. The van der Waals surface area contributed by atoms with Crippen LogP contribution in [0.1, 0.15) is 29.1 Å². The fraction of sp³-hybridized carbons (Fsp3) is 0.0741. The normalized spacial score (nSPS) is 11.8. The molecule has 0 bridgehead atoms. The number of ether oxygens (including phenoxy) is 1. The molecular weight excluding hydrogens is 403 g/mol. The van der Waals surface area contributed by atoms with Crippen molar-refractivity contribution in [3.63, 3.8) is 0 Å². The molecule has 154 valence electrons. The van der Waals surface area contributed by atoms with Gasteiger partial charge in [-0.25, -0.2) is 4.79 Å². The van der Waals surface area contributed by atoms with Crippen LogP contribution in [0.25, 0.3) is 0 Å². The summed E-state index contributed by atoms with van der Waals surface area (Å²) in [6.07, 6.45) is 0.937. The molecule has 0 amide bonds. The highest BCUT2D eigenvalue weighted by Crippen LogP contribution is 2.35. The minimum Gasteiger partial charge on any atom is -0.465 e. The van der Waals surface area contributed by atoms with Crippen LogP contribution in [0.4, 0.5) is 0 Å². The smallest absolute Gasteiger partial charge is 0.339 e. The number of carbonyl (C=O) groups excluding carboxylic acids is 1. The number of rotatable bonds is 7. The molecule has 1 heterocycles. The molecular formula is C27H23O3P. The van der Waals surface area contributed by atoms with Crippen LogP contribution in [0, 0.1) is 0 Å². The van der Waals surface area contributed by atoms with Crippen LogP contribution in [-0.2, 0) is 4.74 Å². The van der Waals surface area contributed by atoms with Crippen LogP contribution in [-0.4, -0.2) is 5.97 Å².